The third-order valence-electron chi connectivity index (χ3n) is 2.75. The van der Waals surface area contributed by atoms with Gasteiger partial charge in [-0.05, 0) is 6.07 Å². The number of carboxylic acid groups (broad SMARTS) is 1. The highest BCUT2D eigenvalue weighted by molar-refractivity contribution is 5.83. The Labute approximate surface area is 96.0 Å². The summed E-state index contributed by atoms with van der Waals surface area (Å²) in [6, 6.07) is 4.51. The largest absolute Gasteiger partial charge is 0.480 e. The molecule has 0 bridgehead atoms. The van der Waals surface area contributed by atoms with E-state index in [1.807, 2.05) is 0 Å². The van der Waals surface area contributed by atoms with Gasteiger partial charge in [0, 0.05) is 19.0 Å². The molecule has 3 nitrogen and oxygen atoms in total. The summed E-state index contributed by atoms with van der Waals surface area (Å²) in [5.41, 5.74) is 1.81. The summed E-state index contributed by atoms with van der Waals surface area (Å²) in [5.74, 6) is -6.55. The predicted octanol–water partition coefficient (Wildman–Crippen LogP) is 1.76. The van der Waals surface area contributed by atoms with Crippen LogP contribution < -0.4 is 5.73 Å². The Morgan fingerprint density at radius 2 is 1.94 bits per heavy atom. The Morgan fingerprint density at radius 1 is 1.41 bits per heavy atom. The Hall–Kier alpha value is -1.56. The standard InChI is InChI=1S/C11H12F3NO2/c1-10(13,14)11(6-15,9(16)17)7-4-2-3-5-8(7)12/h2-5H,6,15H2,1H3,(H,16,17). The fraction of sp³-hybridized carbons (Fsp3) is 0.364. The lowest BCUT2D eigenvalue weighted by Crippen LogP contribution is -2.55. The van der Waals surface area contributed by atoms with Crippen LogP contribution in [-0.4, -0.2) is 23.5 Å². The van der Waals surface area contributed by atoms with Gasteiger partial charge >= 0.3 is 5.97 Å². The number of carboxylic acids is 1. The van der Waals surface area contributed by atoms with Crippen molar-refractivity contribution >= 4 is 5.97 Å². The molecule has 0 aliphatic carbocycles. The Balaban J connectivity index is 3.55. The second-order valence-corrected chi connectivity index (χ2v) is 3.78. The van der Waals surface area contributed by atoms with E-state index in [-0.39, 0.29) is 0 Å². The molecule has 0 aliphatic heterocycles. The second-order valence-electron chi connectivity index (χ2n) is 3.78. The molecule has 0 saturated heterocycles. The Kier molecular flexibility index (Phi) is 3.47. The van der Waals surface area contributed by atoms with Gasteiger partial charge in [0.1, 0.15) is 5.82 Å². The molecule has 0 spiro atoms. The lowest BCUT2D eigenvalue weighted by atomic mass is 9.75. The van der Waals surface area contributed by atoms with Gasteiger partial charge in [0.05, 0.1) is 0 Å². The van der Waals surface area contributed by atoms with Gasteiger partial charge in [-0.2, -0.15) is 0 Å². The maximum Gasteiger partial charge on any atom is 0.321 e. The van der Waals surface area contributed by atoms with E-state index in [4.69, 9.17) is 10.8 Å². The SMILES string of the molecule is CC(F)(F)C(CN)(C(=O)O)c1ccccc1F. The zero-order chi connectivity index (χ0) is 13.3. The number of rotatable bonds is 4. The molecule has 0 saturated carbocycles. The van der Waals surface area contributed by atoms with Crippen molar-refractivity contribution in [2.75, 3.05) is 6.54 Å². The van der Waals surface area contributed by atoms with Gasteiger partial charge < -0.3 is 10.8 Å². The van der Waals surface area contributed by atoms with E-state index in [0.29, 0.717) is 6.92 Å². The van der Waals surface area contributed by atoms with Crippen LogP contribution in [0, 0.1) is 5.82 Å². The fourth-order valence-corrected chi connectivity index (χ4v) is 1.72. The molecule has 0 fully saturated rings. The number of benzene rings is 1. The summed E-state index contributed by atoms with van der Waals surface area (Å²) in [7, 11) is 0. The molecule has 0 aromatic heterocycles. The topological polar surface area (TPSA) is 63.3 Å². The third kappa shape index (κ3) is 2.00. The molecule has 1 atom stereocenters. The number of hydrogen-bond donors (Lipinski definition) is 2. The van der Waals surface area contributed by atoms with Crippen LogP contribution >= 0.6 is 0 Å². The molecule has 1 unspecified atom stereocenters. The van der Waals surface area contributed by atoms with Crippen molar-refractivity contribution in [2.24, 2.45) is 5.73 Å². The Morgan fingerprint density at radius 3 is 2.29 bits per heavy atom. The minimum Gasteiger partial charge on any atom is -0.480 e. The van der Waals surface area contributed by atoms with Crippen molar-refractivity contribution in [1.29, 1.82) is 0 Å². The highest BCUT2D eigenvalue weighted by atomic mass is 19.3. The molecule has 94 valence electrons. The smallest absolute Gasteiger partial charge is 0.321 e. The zero-order valence-electron chi connectivity index (χ0n) is 9.08. The molecule has 1 rings (SSSR count). The van der Waals surface area contributed by atoms with Crippen LogP contribution in [0.1, 0.15) is 12.5 Å². The van der Waals surface area contributed by atoms with Crippen LogP contribution in [0.25, 0.3) is 0 Å². The predicted molar refractivity (Wildman–Crippen MR) is 55.4 cm³/mol. The quantitative estimate of drug-likeness (QED) is 0.852. The first kappa shape index (κ1) is 13.5. The van der Waals surface area contributed by atoms with E-state index < -0.39 is 35.2 Å². The average Bonchev–Trinajstić information content (AvgIpc) is 2.19. The fourth-order valence-electron chi connectivity index (χ4n) is 1.72. The Bertz CT molecular complexity index is 431. The number of halogens is 3. The van der Waals surface area contributed by atoms with Crippen molar-refractivity contribution in [1.82, 2.24) is 0 Å². The zero-order valence-corrected chi connectivity index (χ0v) is 9.08. The molecule has 0 radical (unpaired) electrons. The van der Waals surface area contributed by atoms with Crippen molar-refractivity contribution in [2.45, 2.75) is 18.3 Å². The van der Waals surface area contributed by atoms with E-state index in [9.17, 15) is 18.0 Å². The lowest BCUT2D eigenvalue weighted by molar-refractivity contribution is -0.160. The molecular formula is C11H12F3NO2. The van der Waals surface area contributed by atoms with E-state index in [0.717, 1.165) is 12.1 Å². The van der Waals surface area contributed by atoms with Crippen LogP contribution in [-0.2, 0) is 10.2 Å². The average molecular weight is 247 g/mol. The molecular weight excluding hydrogens is 235 g/mol. The van der Waals surface area contributed by atoms with Crippen molar-refractivity contribution in [3.63, 3.8) is 0 Å². The summed E-state index contributed by atoms with van der Waals surface area (Å²) in [6.45, 7) is -0.479. The van der Waals surface area contributed by atoms with E-state index in [1.165, 1.54) is 12.1 Å². The number of hydrogen-bond acceptors (Lipinski definition) is 2. The van der Waals surface area contributed by atoms with E-state index >= 15 is 0 Å². The first-order valence-corrected chi connectivity index (χ1v) is 4.83. The van der Waals surface area contributed by atoms with Gasteiger partial charge in [0.25, 0.3) is 5.92 Å². The monoisotopic (exact) mass is 247 g/mol. The van der Waals surface area contributed by atoms with Gasteiger partial charge in [-0.1, -0.05) is 18.2 Å². The van der Waals surface area contributed by atoms with Crippen LogP contribution in [0.15, 0.2) is 24.3 Å². The molecule has 1 aromatic carbocycles. The molecule has 17 heavy (non-hydrogen) atoms. The van der Waals surface area contributed by atoms with Crippen LogP contribution in [0.5, 0.6) is 0 Å². The van der Waals surface area contributed by atoms with Crippen molar-refractivity contribution < 1.29 is 23.1 Å². The first-order valence-electron chi connectivity index (χ1n) is 4.83. The normalized spacial score (nSPS) is 15.4. The number of aliphatic carboxylic acids is 1. The third-order valence-corrected chi connectivity index (χ3v) is 2.75. The maximum absolute atomic E-state index is 13.5. The number of alkyl halides is 2. The summed E-state index contributed by atoms with van der Waals surface area (Å²) >= 11 is 0. The van der Waals surface area contributed by atoms with E-state index in [2.05, 4.69) is 0 Å². The van der Waals surface area contributed by atoms with Gasteiger partial charge in [-0.15, -0.1) is 0 Å². The second kappa shape index (κ2) is 4.37. The first-order chi connectivity index (χ1) is 7.77. The minimum atomic E-state index is -3.68. The molecule has 0 heterocycles. The summed E-state index contributed by atoms with van der Waals surface area (Å²) < 4.78 is 40.6. The highest BCUT2D eigenvalue weighted by Gasteiger charge is 2.57. The molecule has 1 aromatic rings. The number of nitrogens with two attached hydrogens (primary N) is 1. The summed E-state index contributed by atoms with van der Waals surface area (Å²) in [5, 5.41) is 9.01. The highest BCUT2D eigenvalue weighted by Crippen LogP contribution is 2.40. The lowest BCUT2D eigenvalue weighted by Gasteiger charge is -2.34. The van der Waals surface area contributed by atoms with E-state index in [1.54, 1.807) is 0 Å². The number of carbonyl (C=O) groups is 1. The van der Waals surface area contributed by atoms with Gasteiger partial charge in [-0.25, -0.2) is 13.2 Å². The van der Waals surface area contributed by atoms with Crippen molar-refractivity contribution in [3.8, 4) is 0 Å². The molecule has 6 heteroatoms. The molecule has 0 amide bonds. The van der Waals surface area contributed by atoms with Gasteiger partial charge in [0.2, 0.25) is 0 Å². The van der Waals surface area contributed by atoms with Gasteiger partial charge in [-0.3, -0.25) is 4.79 Å². The van der Waals surface area contributed by atoms with Crippen LogP contribution in [0.2, 0.25) is 0 Å². The van der Waals surface area contributed by atoms with Gasteiger partial charge in [0.15, 0.2) is 5.41 Å². The molecule has 3 N–H and O–H groups in total. The summed E-state index contributed by atoms with van der Waals surface area (Å²) in [4.78, 5) is 11.1. The summed E-state index contributed by atoms with van der Waals surface area (Å²) in [6.07, 6.45) is 0. The maximum atomic E-state index is 13.5. The van der Waals surface area contributed by atoms with Crippen LogP contribution in [0.3, 0.4) is 0 Å². The minimum absolute atomic E-state index is 0.417. The molecule has 0 aliphatic rings. The van der Waals surface area contributed by atoms with Crippen molar-refractivity contribution in [3.05, 3.63) is 35.6 Å². The van der Waals surface area contributed by atoms with Crippen LogP contribution in [0.4, 0.5) is 13.2 Å².